The Kier molecular flexibility index (Phi) is 4.25. The fourth-order valence-corrected chi connectivity index (χ4v) is 2.69. The summed E-state index contributed by atoms with van der Waals surface area (Å²) in [4.78, 5) is 18.3. The highest BCUT2D eigenvalue weighted by Gasteiger charge is 2.18. The van der Waals surface area contributed by atoms with Gasteiger partial charge in [-0.05, 0) is 19.1 Å². The third-order valence-electron chi connectivity index (χ3n) is 2.66. The number of carbonyl (C=O) groups excluding carboxylic acids is 1. The van der Waals surface area contributed by atoms with E-state index >= 15 is 0 Å². The largest absolute Gasteiger partial charge is 0.370 e. The molecule has 2 rings (SSSR count). The molecule has 1 saturated heterocycles. The molecule has 0 aliphatic carbocycles. The van der Waals surface area contributed by atoms with Crippen LogP contribution in [0, 0.1) is 0 Å². The summed E-state index contributed by atoms with van der Waals surface area (Å²) >= 11 is 1.90. The number of nitrogens with zero attached hydrogens (tertiary/aromatic N) is 2. The maximum absolute atomic E-state index is 12.2. The number of rotatable bonds is 3. The van der Waals surface area contributed by atoms with Crippen molar-refractivity contribution >= 4 is 23.5 Å². The van der Waals surface area contributed by atoms with Crippen LogP contribution in [0.4, 0.5) is 5.82 Å². The molecule has 0 aromatic carbocycles. The van der Waals surface area contributed by atoms with E-state index in [4.69, 9.17) is 0 Å². The molecule has 1 aliphatic heterocycles. The van der Waals surface area contributed by atoms with E-state index in [0.29, 0.717) is 0 Å². The van der Waals surface area contributed by atoms with Crippen LogP contribution >= 0.6 is 11.8 Å². The van der Waals surface area contributed by atoms with Gasteiger partial charge in [0.05, 0.1) is 0 Å². The van der Waals surface area contributed by atoms with E-state index in [1.807, 2.05) is 29.7 Å². The molecule has 17 heavy (non-hydrogen) atoms. The third-order valence-corrected chi connectivity index (χ3v) is 3.61. The molecular formula is C12H17N3OS. The van der Waals surface area contributed by atoms with Gasteiger partial charge in [-0.15, -0.1) is 0 Å². The number of hydrogen-bond acceptors (Lipinski definition) is 4. The second kappa shape index (κ2) is 5.91. The lowest BCUT2D eigenvalue weighted by molar-refractivity contribution is 0.0772. The summed E-state index contributed by atoms with van der Waals surface area (Å²) in [6.45, 7) is 4.52. The Hall–Kier alpha value is -1.23. The van der Waals surface area contributed by atoms with E-state index in [-0.39, 0.29) is 5.91 Å². The summed E-state index contributed by atoms with van der Waals surface area (Å²) in [5.74, 6) is 2.96. The molecule has 1 fully saturated rings. The smallest absolute Gasteiger partial charge is 0.254 e. The van der Waals surface area contributed by atoms with Gasteiger partial charge in [0.15, 0.2) is 0 Å². The summed E-state index contributed by atoms with van der Waals surface area (Å²) in [7, 11) is 0. The zero-order chi connectivity index (χ0) is 12.1. The van der Waals surface area contributed by atoms with Crippen molar-refractivity contribution in [2.24, 2.45) is 0 Å². The van der Waals surface area contributed by atoms with Crippen molar-refractivity contribution in [2.45, 2.75) is 6.92 Å². The minimum atomic E-state index is 0.117. The summed E-state index contributed by atoms with van der Waals surface area (Å²) < 4.78 is 0. The average molecular weight is 251 g/mol. The molecule has 2 heterocycles. The summed E-state index contributed by atoms with van der Waals surface area (Å²) in [5.41, 5.74) is 0.725. The Balaban J connectivity index is 2.09. The number of anilines is 1. The van der Waals surface area contributed by atoms with Crippen molar-refractivity contribution in [1.82, 2.24) is 9.88 Å². The first-order valence-corrected chi connectivity index (χ1v) is 7.03. The number of nitrogens with one attached hydrogen (secondary N) is 1. The van der Waals surface area contributed by atoms with Gasteiger partial charge < -0.3 is 10.2 Å². The van der Waals surface area contributed by atoms with Crippen LogP contribution in [0.15, 0.2) is 18.3 Å². The highest BCUT2D eigenvalue weighted by molar-refractivity contribution is 7.99. The Bertz CT molecular complexity index is 391. The number of hydrogen-bond donors (Lipinski definition) is 1. The molecule has 1 amide bonds. The van der Waals surface area contributed by atoms with Crippen molar-refractivity contribution in [1.29, 1.82) is 0 Å². The second-order valence-corrected chi connectivity index (χ2v) is 5.09. The highest BCUT2D eigenvalue weighted by atomic mass is 32.2. The summed E-state index contributed by atoms with van der Waals surface area (Å²) in [5, 5.41) is 3.12. The lowest BCUT2D eigenvalue weighted by Gasteiger charge is -2.26. The topological polar surface area (TPSA) is 45.2 Å². The molecule has 1 aliphatic rings. The number of thioether (sulfide) groups is 1. The number of amides is 1. The van der Waals surface area contributed by atoms with Crippen molar-refractivity contribution in [3.05, 3.63) is 23.9 Å². The van der Waals surface area contributed by atoms with E-state index in [0.717, 1.165) is 42.5 Å². The lowest BCUT2D eigenvalue weighted by atomic mass is 10.2. The normalized spacial score (nSPS) is 15.7. The minimum Gasteiger partial charge on any atom is -0.370 e. The van der Waals surface area contributed by atoms with E-state index in [2.05, 4.69) is 10.3 Å². The number of pyridine rings is 1. The van der Waals surface area contributed by atoms with Crippen LogP contribution in [0.3, 0.4) is 0 Å². The molecule has 0 bridgehead atoms. The van der Waals surface area contributed by atoms with E-state index in [1.54, 1.807) is 12.3 Å². The summed E-state index contributed by atoms with van der Waals surface area (Å²) in [6.07, 6.45) is 1.68. The van der Waals surface area contributed by atoms with Crippen LogP contribution in [0.2, 0.25) is 0 Å². The quantitative estimate of drug-likeness (QED) is 0.888. The van der Waals surface area contributed by atoms with Gasteiger partial charge in [0, 0.05) is 42.9 Å². The molecular weight excluding hydrogens is 234 g/mol. The monoisotopic (exact) mass is 251 g/mol. The fourth-order valence-electron chi connectivity index (χ4n) is 1.79. The van der Waals surface area contributed by atoms with Gasteiger partial charge in [-0.3, -0.25) is 4.79 Å². The Morgan fingerprint density at radius 3 is 3.00 bits per heavy atom. The molecule has 0 atom stereocenters. The minimum absolute atomic E-state index is 0.117. The highest BCUT2D eigenvalue weighted by Crippen LogP contribution is 2.14. The molecule has 92 valence electrons. The Morgan fingerprint density at radius 1 is 1.53 bits per heavy atom. The second-order valence-electron chi connectivity index (χ2n) is 3.86. The van der Waals surface area contributed by atoms with E-state index in [9.17, 15) is 4.79 Å². The molecule has 1 N–H and O–H groups in total. The molecule has 4 nitrogen and oxygen atoms in total. The first-order chi connectivity index (χ1) is 8.31. The van der Waals surface area contributed by atoms with Crippen LogP contribution < -0.4 is 5.32 Å². The van der Waals surface area contributed by atoms with Crippen LogP contribution in [0.1, 0.15) is 17.3 Å². The van der Waals surface area contributed by atoms with Gasteiger partial charge in [0.1, 0.15) is 5.82 Å². The average Bonchev–Trinajstić information content (AvgIpc) is 2.40. The van der Waals surface area contributed by atoms with Crippen LogP contribution in [0.25, 0.3) is 0 Å². The molecule has 0 saturated carbocycles. The van der Waals surface area contributed by atoms with Gasteiger partial charge in [-0.2, -0.15) is 11.8 Å². The molecule has 0 radical (unpaired) electrons. The lowest BCUT2D eigenvalue weighted by Crippen LogP contribution is -2.37. The van der Waals surface area contributed by atoms with Gasteiger partial charge in [0.2, 0.25) is 0 Å². The first kappa shape index (κ1) is 12.2. The van der Waals surface area contributed by atoms with Gasteiger partial charge in [-0.25, -0.2) is 4.98 Å². The SMILES string of the molecule is CCNc1cc(C(=O)N2CCSCC2)ccn1. The standard InChI is InChI=1S/C12H17N3OS/c1-2-13-11-9-10(3-4-14-11)12(16)15-5-7-17-8-6-15/h3-4,9H,2,5-8H2,1H3,(H,13,14). The van der Waals surface area contributed by atoms with Crippen molar-refractivity contribution in [3.63, 3.8) is 0 Å². The Labute approximate surface area is 106 Å². The third kappa shape index (κ3) is 3.12. The van der Waals surface area contributed by atoms with Gasteiger partial charge in [0.25, 0.3) is 5.91 Å². The van der Waals surface area contributed by atoms with E-state index in [1.165, 1.54) is 0 Å². The summed E-state index contributed by atoms with van der Waals surface area (Å²) in [6, 6.07) is 3.61. The molecule has 5 heteroatoms. The van der Waals surface area contributed by atoms with Crippen molar-refractivity contribution in [2.75, 3.05) is 36.5 Å². The Morgan fingerprint density at radius 2 is 2.29 bits per heavy atom. The van der Waals surface area contributed by atoms with Crippen LogP contribution in [-0.4, -0.2) is 46.9 Å². The van der Waals surface area contributed by atoms with Crippen LogP contribution in [-0.2, 0) is 0 Å². The number of carbonyl (C=O) groups is 1. The number of aromatic nitrogens is 1. The maximum atomic E-state index is 12.2. The zero-order valence-corrected chi connectivity index (χ0v) is 10.8. The van der Waals surface area contributed by atoms with Crippen molar-refractivity contribution < 1.29 is 4.79 Å². The van der Waals surface area contributed by atoms with Gasteiger partial charge >= 0.3 is 0 Å². The molecule has 1 aromatic heterocycles. The first-order valence-electron chi connectivity index (χ1n) is 5.88. The molecule has 0 spiro atoms. The molecule has 1 aromatic rings. The fraction of sp³-hybridized carbons (Fsp3) is 0.500. The predicted molar refractivity (Wildman–Crippen MR) is 71.6 cm³/mol. The van der Waals surface area contributed by atoms with Gasteiger partial charge in [-0.1, -0.05) is 0 Å². The zero-order valence-electron chi connectivity index (χ0n) is 9.98. The van der Waals surface area contributed by atoms with E-state index < -0.39 is 0 Å². The molecule has 0 unspecified atom stereocenters. The maximum Gasteiger partial charge on any atom is 0.254 e. The predicted octanol–water partition coefficient (Wildman–Crippen LogP) is 1.70. The van der Waals surface area contributed by atoms with Crippen LogP contribution in [0.5, 0.6) is 0 Å². The van der Waals surface area contributed by atoms with Crippen molar-refractivity contribution in [3.8, 4) is 0 Å².